The summed E-state index contributed by atoms with van der Waals surface area (Å²) in [6.45, 7) is 6.02. The van der Waals surface area contributed by atoms with Crippen LogP contribution >= 0.6 is 0 Å². The van der Waals surface area contributed by atoms with Crippen LogP contribution in [0.3, 0.4) is 0 Å². The van der Waals surface area contributed by atoms with E-state index in [1.165, 1.54) is 0 Å². The van der Waals surface area contributed by atoms with E-state index in [4.69, 9.17) is 14.6 Å². The van der Waals surface area contributed by atoms with E-state index < -0.39 is 0 Å². The van der Waals surface area contributed by atoms with Crippen molar-refractivity contribution < 1.29 is 14.6 Å². The molecule has 0 radical (unpaired) electrons. The largest absolute Gasteiger partial charge is 0.463 e. The van der Waals surface area contributed by atoms with Gasteiger partial charge in [-0.15, -0.1) is 0 Å². The molecule has 2 heterocycles. The highest BCUT2D eigenvalue weighted by Crippen LogP contribution is 2.16. The first kappa shape index (κ1) is 14.7. The molecule has 0 amide bonds. The van der Waals surface area contributed by atoms with E-state index in [-0.39, 0.29) is 12.6 Å². The molecule has 0 atom stereocenters. The Balaban J connectivity index is 2.11. The minimum absolute atomic E-state index is 0.0848. The monoisotopic (exact) mass is 283 g/mol. The number of nitrogens with zero attached hydrogens (tertiary/aromatic N) is 4. The van der Waals surface area contributed by atoms with E-state index in [2.05, 4.69) is 20.3 Å². The van der Waals surface area contributed by atoms with Crippen LogP contribution in [0, 0.1) is 0 Å². The number of aliphatic hydroxyl groups excluding tert-OH is 1. The van der Waals surface area contributed by atoms with E-state index in [9.17, 15) is 0 Å². The van der Waals surface area contributed by atoms with E-state index >= 15 is 0 Å². The molecule has 1 saturated heterocycles. The molecule has 1 aliphatic rings. The second-order valence-electron chi connectivity index (χ2n) is 4.30. The third-order valence-electron chi connectivity index (χ3n) is 2.77. The van der Waals surface area contributed by atoms with Crippen LogP contribution in [0.2, 0.25) is 0 Å². The molecule has 1 aromatic rings. The highest BCUT2D eigenvalue weighted by atomic mass is 16.5. The maximum atomic E-state index is 8.77. The molecular formula is C12H21N5O3. The molecule has 0 unspecified atom stereocenters. The van der Waals surface area contributed by atoms with Crippen LogP contribution in [0.1, 0.15) is 13.3 Å². The van der Waals surface area contributed by atoms with Crippen molar-refractivity contribution in [3.8, 4) is 6.01 Å². The average molecular weight is 283 g/mol. The Bertz CT molecular complexity index is 412. The fraction of sp³-hybridized carbons (Fsp3) is 0.750. The first-order chi connectivity index (χ1) is 9.83. The molecule has 0 aromatic carbocycles. The Morgan fingerprint density at radius 3 is 2.80 bits per heavy atom. The van der Waals surface area contributed by atoms with Crippen molar-refractivity contribution in [1.82, 2.24) is 15.0 Å². The number of aliphatic hydroxyl groups is 1. The van der Waals surface area contributed by atoms with Crippen LogP contribution in [0.15, 0.2) is 0 Å². The lowest BCUT2D eigenvalue weighted by molar-refractivity contribution is 0.122. The van der Waals surface area contributed by atoms with Gasteiger partial charge in [-0.05, 0) is 6.92 Å². The van der Waals surface area contributed by atoms with Crippen molar-refractivity contribution in [2.24, 2.45) is 0 Å². The SMILES string of the molecule is CCNc1nc(OCCCO)nc(N2CCOCC2)n1. The number of hydrogen-bond donors (Lipinski definition) is 2. The van der Waals surface area contributed by atoms with Crippen molar-refractivity contribution in [3.05, 3.63) is 0 Å². The number of nitrogens with one attached hydrogen (secondary N) is 1. The van der Waals surface area contributed by atoms with Crippen LogP contribution in [-0.2, 0) is 4.74 Å². The fourth-order valence-electron chi connectivity index (χ4n) is 1.78. The Kier molecular flexibility index (Phi) is 5.75. The van der Waals surface area contributed by atoms with Crippen LogP contribution < -0.4 is 15.0 Å². The number of anilines is 2. The normalized spacial score (nSPS) is 15.2. The minimum Gasteiger partial charge on any atom is -0.463 e. The maximum Gasteiger partial charge on any atom is 0.323 e. The Morgan fingerprint density at radius 2 is 2.10 bits per heavy atom. The number of ether oxygens (including phenoxy) is 2. The van der Waals surface area contributed by atoms with E-state index in [1.54, 1.807) is 0 Å². The van der Waals surface area contributed by atoms with Crippen LogP contribution in [0.5, 0.6) is 6.01 Å². The zero-order valence-electron chi connectivity index (χ0n) is 11.7. The van der Waals surface area contributed by atoms with Gasteiger partial charge in [0.1, 0.15) is 0 Å². The van der Waals surface area contributed by atoms with Gasteiger partial charge >= 0.3 is 6.01 Å². The Labute approximate surface area is 118 Å². The lowest BCUT2D eigenvalue weighted by atomic mass is 10.4. The first-order valence-electron chi connectivity index (χ1n) is 6.89. The third-order valence-corrected chi connectivity index (χ3v) is 2.77. The maximum absolute atomic E-state index is 8.77. The lowest BCUT2D eigenvalue weighted by Crippen LogP contribution is -2.37. The molecule has 2 rings (SSSR count). The summed E-state index contributed by atoms with van der Waals surface area (Å²) in [4.78, 5) is 14.9. The number of rotatable bonds is 7. The van der Waals surface area contributed by atoms with Crippen molar-refractivity contribution in [3.63, 3.8) is 0 Å². The molecule has 112 valence electrons. The van der Waals surface area contributed by atoms with Gasteiger partial charge in [0.2, 0.25) is 11.9 Å². The number of aromatic nitrogens is 3. The van der Waals surface area contributed by atoms with Crippen molar-refractivity contribution in [2.75, 3.05) is 56.3 Å². The summed E-state index contributed by atoms with van der Waals surface area (Å²) in [5, 5.41) is 11.8. The summed E-state index contributed by atoms with van der Waals surface area (Å²) in [7, 11) is 0. The topological polar surface area (TPSA) is 92.6 Å². The van der Waals surface area contributed by atoms with E-state index in [0.29, 0.717) is 38.1 Å². The lowest BCUT2D eigenvalue weighted by Gasteiger charge is -2.26. The average Bonchev–Trinajstić information content (AvgIpc) is 2.49. The number of morpholine rings is 1. The van der Waals surface area contributed by atoms with Crippen LogP contribution in [0.25, 0.3) is 0 Å². The van der Waals surface area contributed by atoms with Gasteiger partial charge in [0.05, 0.1) is 19.8 Å². The molecule has 0 aliphatic carbocycles. The first-order valence-corrected chi connectivity index (χ1v) is 6.89. The molecule has 8 heteroatoms. The molecule has 0 bridgehead atoms. The van der Waals surface area contributed by atoms with Gasteiger partial charge in [0.15, 0.2) is 0 Å². The van der Waals surface area contributed by atoms with Crippen LogP contribution in [-0.4, -0.2) is 66.1 Å². The summed E-state index contributed by atoms with van der Waals surface area (Å²) >= 11 is 0. The number of hydrogen-bond acceptors (Lipinski definition) is 8. The summed E-state index contributed by atoms with van der Waals surface area (Å²) in [5.74, 6) is 1.10. The summed E-state index contributed by atoms with van der Waals surface area (Å²) in [6, 6.07) is 0.283. The zero-order valence-corrected chi connectivity index (χ0v) is 11.7. The van der Waals surface area contributed by atoms with Gasteiger partial charge in [-0.2, -0.15) is 15.0 Å². The van der Waals surface area contributed by atoms with Gasteiger partial charge in [0.25, 0.3) is 0 Å². The summed E-state index contributed by atoms with van der Waals surface area (Å²) in [6.07, 6.45) is 0.551. The molecule has 1 aliphatic heterocycles. The quantitative estimate of drug-likeness (QED) is 0.670. The van der Waals surface area contributed by atoms with Crippen molar-refractivity contribution in [2.45, 2.75) is 13.3 Å². The molecule has 8 nitrogen and oxygen atoms in total. The van der Waals surface area contributed by atoms with Gasteiger partial charge in [-0.1, -0.05) is 0 Å². The van der Waals surface area contributed by atoms with Crippen LogP contribution in [0.4, 0.5) is 11.9 Å². The molecule has 0 saturated carbocycles. The van der Waals surface area contributed by atoms with Gasteiger partial charge in [0, 0.05) is 32.7 Å². The smallest absolute Gasteiger partial charge is 0.323 e. The Morgan fingerprint density at radius 1 is 1.30 bits per heavy atom. The van der Waals surface area contributed by atoms with Gasteiger partial charge in [-0.3, -0.25) is 0 Å². The molecular weight excluding hydrogens is 262 g/mol. The molecule has 1 aromatic heterocycles. The minimum atomic E-state index is 0.0848. The highest BCUT2D eigenvalue weighted by molar-refractivity contribution is 5.38. The van der Waals surface area contributed by atoms with E-state index in [0.717, 1.165) is 19.6 Å². The highest BCUT2D eigenvalue weighted by Gasteiger charge is 2.16. The van der Waals surface area contributed by atoms with Gasteiger partial charge in [-0.25, -0.2) is 0 Å². The summed E-state index contributed by atoms with van der Waals surface area (Å²) < 4.78 is 10.8. The Hall–Kier alpha value is -1.67. The standard InChI is InChI=1S/C12H21N5O3/c1-2-13-10-14-11(17-4-8-19-9-5-17)16-12(15-10)20-7-3-6-18/h18H,2-9H2,1H3,(H,13,14,15,16). The zero-order chi connectivity index (χ0) is 14.2. The predicted molar refractivity (Wildman–Crippen MR) is 74.2 cm³/mol. The van der Waals surface area contributed by atoms with E-state index in [1.807, 2.05) is 11.8 Å². The second-order valence-corrected chi connectivity index (χ2v) is 4.30. The second kappa shape index (κ2) is 7.81. The van der Waals surface area contributed by atoms with Crippen molar-refractivity contribution in [1.29, 1.82) is 0 Å². The third kappa shape index (κ3) is 4.17. The fourth-order valence-corrected chi connectivity index (χ4v) is 1.78. The predicted octanol–water partition coefficient (Wildman–Crippen LogP) is -0.0988. The van der Waals surface area contributed by atoms with Crippen molar-refractivity contribution >= 4 is 11.9 Å². The molecule has 1 fully saturated rings. The summed E-state index contributed by atoms with van der Waals surface area (Å²) in [5.41, 5.74) is 0. The molecule has 0 spiro atoms. The molecule has 20 heavy (non-hydrogen) atoms. The van der Waals surface area contributed by atoms with Gasteiger partial charge < -0.3 is 24.8 Å². The molecule has 2 N–H and O–H groups in total.